The Hall–Kier alpha value is 1.07. The molecule has 0 aliphatic rings. The van der Waals surface area contributed by atoms with Crippen LogP contribution in [0.5, 0.6) is 0 Å². The largest absolute Gasteiger partial charge is 0.401 e. The van der Waals surface area contributed by atoms with Crippen molar-refractivity contribution >= 4 is 39.2 Å². The van der Waals surface area contributed by atoms with E-state index < -0.39 is 14.4 Å². The van der Waals surface area contributed by atoms with E-state index in [1.165, 1.54) is 10.6 Å². The molecule has 0 aromatic rings. The van der Waals surface area contributed by atoms with Gasteiger partial charge in [-0.25, -0.2) is 0 Å². The van der Waals surface area contributed by atoms with E-state index in [1.807, 2.05) is 0 Å². The van der Waals surface area contributed by atoms with Crippen molar-refractivity contribution < 1.29 is 0 Å². The second kappa shape index (κ2) is 11.8. The highest BCUT2D eigenvalue weighted by Crippen LogP contribution is 1.90. The average molecular weight is 188 g/mol. The normalized spacial score (nSPS) is 7.00. The van der Waals surface area contributed by atoms with Gasteiger partial charge in [-0.2, -0.15) is 0 Å². The van der Waals surface area contributed by atoms with Crippen LogP contribution < -0.4 is 4.30 Å². The van der Waals surface area contributed by atoms with Gasteiger partial charge in [-0.3, -0.25) is 0 Å². The molecule has 0 saturated heterocycles. The van der Waals surface area contributed by atoms with E-state index in [-0.39, 0.29) is 24.8 Å². The predicted molar refractivity (Wildman–Crippen MR) is 50.3 cm³/mol. The number of hydrogen-bond donors (Lipinski definition) is 1. The topological polar surface area (TPSA) is 12.0 Å². The fourth-order valence-corrected chi connectivity index (χ4v) is 2.09. The standard InChI is InChI=1S/2C2H5.CH4N.Al.2ClH/c3*1-2;;;/h2*1H2,2H3;2H,1H3;;2*1H/q;;-1;+1;;. The molecule has 0 fully saturated rings. The van der Waals surface area contributed by atoms with Crippen LogP contribution in [-0.4, -0.2) is 21.4 Å². The Morgan fingerprint density at radius 3 is 1.44 bits per heavy atom. The monoisotopic (exact) mass is 187 g/mol. The molecule has 0 radical (unpaired) electrons. The van der Waals surface area contributed by atoms with Gasteiger partial charge in [0, 0.05) is 0 Å². The first-order valence-corrected chi connectivity index (χ1v) is 5.23. The molecule has 0 atom stereocenters. The molecular formula is C5H16AlCl2N. The summed E-state index contributed by atoms with van der Waals surface area (Å²) in [6.07, 6.45) is 0. The molecule has 0 aromatic heterocycles. The molecule has 0 bridgehead atoms. The number of hydrogen-bond acceptors (Lipinski definition) is 1. The van der Waals surface area contributed by atoms with Crippen molar-refractivity contribution in [3.63, 3.8) is 0 Å². The van der Waals surface area contributed by atoms with E-state index in [4.69, 9.17) is 0 Å². The van der Waals surface area contributed by atoms with E-state index >= 15 is 0 Å². The molecular weight excluding hydrogens is 172 g/mol. The average Bonchev–Trinajstić information content (AvgIpc) is 1.72. The zero-order valence-electron chi connectivity index (χ0n) is 6.31. The van der Waals surface area contributed by atoms with Crippen LogP contribution in [0.2, 0.25) is 10.6 Å². The van der Waals surface area contributed by atoms with Crippen molar-refractivity contribution in [1.29, 1.82) is 0 Å². The van der Waals surface area contributed by atoms with E-state index in [9.17, 15) is 0 Å². The lowest BCUT2D eigenvalue weighted by atomic mass is 10.9. The molecule has 0 unspecified atom stereocenters. The summed E-state index contributed by atoms with van der Waals surface area (Å²) in [4.78, 5) is 0. The van der Waals surface area contributed by atoms with Crippen LogP contribution >= 0.6 is 24.8 Å². The molecule has 0 aromatic carbocycles. The summed E-state index contributed by atoms with van der Waals surface area (Å²) in [5.41, 5.74) is 0. The summed E-state index contributed by atoms with van der Waals surface area (Å²) in [7, 11) is 2.07. The first-order chi connectivity index (χ1) is 3.35. The molecule has 0 saturated carbocycles. The van der Waals surface area contributed by atoms with Gasteiger partial charge in [0.2, 0.25) is 0 Å². The quantitative estimate of drug-likeness (QED) is 0.668. The van der Waals surface area contributed by atoms with E-state index in [0.717, 1.165) is 0 Å². The molecule has 9 heavy (non-hydrogen) atoms. The minimum absolute atomic E-state index is 0. The third-order valence-corrected chi connectivity index (χ3v) is 4.18. The minimum atomic E-state index is -0.421. The second-order valence-corrected chi connectivity index (χ2v) is 5.41. The van der Waals surface area contributed by atoms with Crippen LogP contribution in [0.3, 0.4) is 0 Å². The molecule has 0 spiro atoms. The Bertz CT molecular complexity index is 36.4. The number of nitrogens with one attached hydrogen (secondary N) is 1. The molecule has 1 N–H and O–H groups in total. The molecule has 0 aliphatic heterocycles. The van der Waals surface area contributed by atoms with Crippen molar-refractivity contribution in [3.8, 4) is 0 Å². The smallest absolute Gasteiger partial charge is 0.369 e. The van der Waals surface area contributed by atoms with Crippen LogP contribution in [0.25, 0.3) is 0 Å². The minimum Gasteiger partial charge on any atom is -0.401 e. The third kappa shape index (κ3) is 9.07. The molecule has 4 heteroatoms. The highest BCUT2D eigenvalue weighted by atomic mass is 35.5. The fraction of sp³-hybridized carbons (Fsp3) is 1.00. The van der Waals surface area contributed by atoms with Crippen molar-refractivity contribution in [3.05, 3.63) is 0 Å². The van der Waals surface area contributed by atoms with Crippen LogP contribution in [0, 0.1) is 0 Å². The highest BCUT2D eigenvalue weighted by molar-refractivity contribution is 6.55. The first-order valence-electron chi connectivity index (χ1n) is 3.02. The Labute approximate surface area is 75.0 Å². The molecule has 0 aliphatic carbocycles. The summed E-state index contributed by atoms with van der Waals surface area (Å²) in [5.74, 6) is 0. The summed E-state index contributed by atoms with van der Waals surface area (Å²) in [6, 6.07) is 0. The van der Waals surface area contributed by atoms with Gasteiger partial charge < -0.3 is 4.30 Å². The second-order valence-electron chi connectivity index (χ2n) is 1.80. The molecule has 0 rings (SSSR count). The van der Waals surface area contributed by atoms with Gasteiger partial charge in [-0.1, -0.05) is 24.4 Å². The maximum Gasteiger partial charge on any atom is 0.369 e. The Morgan fingerprint density at radius 1 is 1.11 bits per heavy atom. The summed E-state index contributed by atoms with van der Waals surface area (Å²) >= 11 is -0.421. The molecule has 0 amide bonds. The van der Waals surface area contributed by atoms with Gasteiger partial charge in [-0.15, -0.1) is 24.8 Å². The number of rotatable bonds is 3. The van der Waals surface area contributed by atoms with E-state index in [1.54, 1.807) is 0 Å². The van der Waals surface area contributed by atoms with Gasteiger partial charge in [0.25, 0.3) is 0 Å². The van der Waals surface area contributed by atoms with Gasteiger partial charge in [0.1, 0.15) is 0 Å². The zero-order chi connectivity index (χ0) is 5.70. The molecule has 1 nitrogen and oxygen atoms in total. The van der Waals surface area contributed by atoms with Gasteiger partial charge in [-0.05, 0) is 7.05 Å². The third-order valence-electron chi connectivity index (χ3n) is 1.39. The maximum atomic E-state index is 3.34. The highest BCUT2D eigenvalue weighted by Gasteiger charge is 2.07. The van der Waals surface area contributed by atoms with Gasteiger partial charge >= 0.3 is 14.4 Å². The first kappa shape index (κ1) is 16.6. The van der Waals surface area contributed by atoms with Crippen LogP contribution in [0.4, 0.5) is 0 Å². The number of halogens is 2. The van der Waals surface area contributed by atoms with Crippen molar-refractivity contribution in [2.45, 2.75) is 24.4 Å². The van der Waals surface area contributed by atoms with E-state index in [2.05, 4.69) is 25.2 Å². The van der Waals surface area contributed by atoms with E-state index in [0.29, 0.717) is 0 Å². The Kier molecular flexibility index (Phi) is 21.8. The lowest BCUT2D eigenvalue weighted by Gasteiger charge is -1.99. The lowest BCUT2D eigenvalue weighted by molar-refractivity contribution is 1.12. The maximum absolute atomic E-state index is 3.34. The SMILES string of the molecule is C[CH2][Al]([CH2]C)[NH]C.Cl.Cl. The summed E-state index contributed by atoms with van der Waals surface area (Å²) in [6.45, 7) is 4.52. The van der Waals surface area contributed by atoms with Crippen molar-refractivity contribution in [2.75, 3.05) is 7.05 Å². The molecule has 58 valence electrons. The zero-order valence-corrected chi connectivity index (χ0v) is 9.10. The van der Waals surface area contributed by atoms with Crippen molar-refractivity contribution in [1.82, 2.24) is 4.30 Å². The summed E-state index contributed by atoms with van der Waals surface area (Å²) < 4.78 is 3.34. The van der Waals surface area contributed by atoms with Gasteiger partial charge in [0.05, 0.1) is 0 Å². The van der Waals surface area contributed by atoms with Gasteiger partial charge in [0.15, 0.2) is 0 Å². The Balaban J connectivity index is -0.000000180. The van der Waals surface area contributed by atoms with Crippen molar-refractivity contribution in [2.24, 2.45) is 0 Å². The summed E-state index contributed by atoms with van der Waals surface area (Å²) in [5, 5.41) is 2.76. The fourth-order valence-electron chi connectivity index (χ4n) is 0.697. The Morgan fingerprint density at radius 2 is 1.44 bits per heavy atom. The lowest BCUT2D eigenvalue weighted by Crippen LogP contribution is -2.27. The predicted octanol–water partition coefficient (Wildman–Crippen LogP) is 2.08. The van der Waals surface area contributed by atoms with Crippen LogP contribution in [0.15, 0.2) is 0 Å². The molecule has 0 heterocycles. The van der Waals surface area contributed by atoms with Crippen LogP contribution in [0.1, 0.15) is 13.8 Å². The van der Waals surface area contributed by atoms with Crippen LogP contribution in [-0.2, 0) is 0 Å².